The highest BCUT2D eigenvalue weighted by molar-refractivity contribution is 7.11. The van der Waals surface area contributed by atoms with Crippen molar-refractivity contribution in [3.05, 3.63) is 86.9 Å². The molecule has 5 nitrogen and oxygen atoms in total. The molecule has 5 rings (SSSR count). The molecule has 2 fully saturated rings. The second-order valence-electron chi connectivity index (χ2n) is 13.3. The average molecular weight is 624 g/mol. The van der Waals surface area contributed by atoms with Crippen molar-refractivity contribution >= 4 is 17.3 Å². The third kappa shape index (κ3) is 7.93. The summed E-state index contributed by atoms with van der Waals surface area (Å²) in [5.41, 5.74) is 3.31. The third-order valence-electron chi connectivity index (χ3n) is 9.82. The van der Waals surface area contributed by atoms with Gasteiger partial charge in [0.05, 0.1) is 10.7 Å². The van der Waals surface area contributed by atoms with E-state index >= 15 is 0 Å². The number of hydrogen-bond donors (Lipinski definition) is 1. The van der Waals surface area contributed by atoms with Crippen molar-refractivity contribution in [3.63, 3.8) is 0 Å². The van der Waals surface area contributed by atoms with Crippen LogP contribution in [0.3, 0.4) is 0 Å². The Hall–Kier alpha value is -2.68. The number of aliphatic carboxylic acids is 1. The minimum atomic E-state index is -0.760. The Kier molecular flexibility index (Phi) is 10.9. The van der Waals surface area contributed by atoms with E-state index < -0.39 is 12.0 Å². The number of hydrogen-bond acceptors (Lipinski definition) is 5. The molecule has 238 valence electrons. The molecule has 1 saturated heterocycles. The number of halogens is 2. The lowest BCUT2D eigenvalue weighted by molar-refractivity contribution is -0.144. The highest BCUT2D eigenvalue weighted by Crippen LogP contribution is 2.44. The van der Waals surface area contributed by atoms with E-state index in [2.05, 4.69) is 30.6 Å². The molecule has 8 heteroatoms. The maximum absolute atomic E-state index is 14.3. The van der Waals surface area contributed by atoms with Gasteiger partial charge in [-0.2, -0.15) is 0 Å². The maximum atomic E-state index is 14.3. The summed E-state index contributed by atoms with van der Waals surface area (Å²) < 4.78 is 27.7. The van der Waals surface area contributed by atoms with Crippen LogP contribution in [0.1, 0.15) is 91.4 Å². The first-order valence-corrected chi connectivity index (χ1v) is 17.1. The minimum absolute atomic E-state index is 0.148. The van der Waals surface area contributed by atoms with E-state index in [0.29, 0.717) is 24.2 Å². The predicted octanol–water partition coefficient (Wildman–Crippen LogP) is 7.75. The van der Waals surface area contributed by atoms with Crippen molar-refractivity contribution in [2.24, 2.45) is 11.8 Å². The first-order valence-electron chi connectivity index (χ1n) is 16.3. The van der Waals surface area contributed by atoms with Crippen LogP contribution in [-0.4, -0.2) is 64.6 Å². The topological polar surface area (TPSA) is 56.7 Å². The molecule has 1 aliphatic carbocycles. The van der Waals surface area contributed by atoms with E-state index in [1.807, 2.05) is 36.6 Å². The third-order valence-corrected chi connectivity index (χ3v) is 11.1. The van der Waals surface area contributed by atoms with Gasteiger partial charge in [0.25, 0.3) is 0 Å². The van der Waals surface area contributed by atoms with Crippen LogP contribution >= 0.6 is 11.3 Å². The lowest BCUT2D eigenvalue weighted by Crippen LogP contribution is -2.45. The van der Waals surface area contributed by atoms with E-state index in [0.717, 1.165) is 74.3 Å². The molecular formula is C36H47F2N3O2S. The Balaban J connectivity index is 1.25. The molecule has 0 bridgehead atoms. The Morgan fingerprint density at radius 1 is 1.09 bits per heavy atom. The van der Waals surface area contributed by atoms with E-state index in [1.54, 1.807) is 12.1 Å². The summed E-state index contributed by atoms with van der Waals surface area (Å²) in [6.45, 7) is 9.28. The Labute approximate surface area is 265 Å². The quantitative estimate of drug-likeness (QED) is 0.224. The molecule has 2 aromatic carbocycles. The Morgan fingerprint density at radius 2 is 1.82 bits per heavy atom. The number of carboxylic acids is 1. The van der Waals surface area contributed by atoms with Crippen LogP contribution in [0.5, 0.6) is 0 Å². The van der Waals surface area contributed by atoms with Crippen LogP contribution in [0, 0.1) is 23.5 Å². The zero-order chi connectivity index (χ0) is 31.4. The molecule has 2 aliphatic rings. The fraction of sp³-hybridized carbons (Fsp3) is 0.556. The van der Waals surface area contributed by atoms with Crippen molar-refractivity contribution in [2.45, 2.75) is 89.6 Å². The zero-order valence-electron chi connectivity index (χ0n) is 26.5. The van der Waals surface area contributed by atoms with Crippen LogP contribution in [0.25, 0.3) is 0 Å². The number of carbonyl (C=O) groups is 1. The number of likely N-dealkylation sites (tertiary alicyclic amines) is 1. The Morgan fingerprint density at radius 3 is 2.45 bits per heavy atom. The van der Waals surface area contributed by atoms with Gasteiger partial charge in [-0.1, -0.05) is 45.0 Å². The van der Waals surface area contributed by atoms with Gasteiger partial charge in [0, 0.05) is 23.9 Å². The summed E-state index contributed by atoms with van der Waals surface area (Å²) in [6.07, 6.45) is 6.20. The first-order chi connectivity index (χ1) is 21.1. The summed E-state index contributed by atoms with van der Waals surface area (Å²) in [6, 6.07) is 13.4. The number of likely N-dealkylation sites (N-methyl/N-ethyl adjacent to an activating group) is 1. The molecule has 1 aliphatic heterocycles. The first kappa shape index (κ1) is 32.7. The van der Waals surface area contributed by atoms with Gasteiger partial charge >= 0.3 is 5.97 Å². The molecule has 3 aromatic rings. The molecule has 1 N–H and O–H groups in total. The second-order valence-corrected chi connectivity index (χ2v) is 14.5. The lowest BCUT2D eigenvalue weighted by atomic mass is 9.87. The number of nitrogens with zero attached hydrogens (tertiary/aromatic N) is 3. The molecule has 0 spiro atoms. The van der Waals surface area contributed by atoms with Crippen LogP contribution in [0.4, 0.5) is 8.78 Å². The van der Waals surface area contributed by atoms with Crippen molar-refractivity contribution in [1.29, 1.82) is 0 Å². The van der Waals surface area contributed by atoms with Crippen molar-refractivity contribution < 1.29 is 18.7 Å². The van der Waals surface area contributed by atoms with Gasteiger partial charge < -0.3 is 10.0 Å². The monoisotopic (exact) mass is 623 g/mol. The van der Waals surface area contributed by atoms with Gasteiger partial charge in [-0.3, -0.25) is 9.69 Å². The minimum Gasteiger partial charge on any atom is -0.480 e. The van der Waals surface area contributed by atoms with Crippen LogP contribution in [-0.2, 0) is 17.6 Å². The standard InChI is InChI=1S/C36H47F2N3O2S/c1-5-32-35(44-34(39-32)18-24-9-11-28(37)12-10-24)25-13-15-41(16-14-25)22-27-20-30(40(4)33(36(42)43)17-23(2)3)21-31(27)26-7-6-8-29(38)19-26/h6-12,19,23,25,27,30-31,33H,5,13-18,20-22H2,1-4H3,(H,42,43)/t27?,30?,31?,33-/m1/s1. The van der Waals surface area contributed by atoms with Gasteiger partial charge in [-0.15, -0.1) is 11.3 Å². The summed E-state index contributed by atoms with van der Waals surface area (Å²) in [4.78, 5) is 23.3. The molecule has 0 amide bonds. The van der Waals surface area contributed by atoms with Crippen LogP contribution in [0.15, 0.2) is 48.5 Å². The van der Waals surface area contributed by atoms with E-state index in [9.17, 15) is 18.7 Å². The van der Waals surface area contributed by atoms with Crippen LogP contribution < -0.4 is 0 Å². The number of carboxylic acid groups (broad SMARTS) is 1. The number of thiazole rings is 1. The fourth-order valence-corrected chi connectivity index (χ4v) is 8.82. The maximum Gasteiger partial charge on any atom is 0.320 e. The van der Waals surface area contributed by atoms with Gasteiger partial charge in [0.1, 0.15) is 17.7 Å². The molecule has 0 radical (unpaired) electrons. The molecular weight excluding hydrogens is 576 g/mol. The second kappa shape index (κ2) is 14.6. The summed E-state index contributed by atoms with van der Waals surface area (Å²) in [5.74, 6) is 0.142. The fourth-order valence-electron chi connectivity index (χ4n) is 7.47. The van der Waals surface area contributed by atoms with Crippen molar-refractivity contribution in [1.82, 2.24) is 14.8 Å². The molecule has 1 saturated carbocycles. The van der Waals surface area contributed by atoms with Crippen molar-refractivity contribution in [2.75, 3.05) is 26.7 Å². The molecule has 4 atom stereocenters. The Bertz CT molecular complexity index is 1390. The normalized spacial score (nSPS) is 22.2. The van der Waals surface area contributed by atoms with Crippen molar-refractivity contribution in [3.8, 4) is 0 Å². The van der Waals surface area contributed by atoms with Gasteiger partial charge in [0.2, 0.25) is 0 Å². The highest BCUT2D eigenvalue weighted by Gasteiger charge is 2.41. The number of aryl methyl sites for hydroxylation is 1. The average Bonchev–Trinajstić information content (AvgIpc) is 3.61. The zero-order valence-corrected chi connectivity index (χ0v) is 27.3. The lowest BCUT2D eigenvalue weighted by Gasteiger charge is -2.35. The van der Waals surface area contributed by atoms with Gasteiger partial charge in [-0.25, -0.2) is 13.8 Å². The largest absolute Gasteiger partial charge is 0.480 e. The van der Waals surface area contributed by atoms with Gasteiger partial charge in [-0.05, 0) is 118 Å². The number of aromatic nitrogens is 1. The van der Waals surface area contributed by atoms with E-state index in [1.165, 1.54) is 28.8 Å². The molecule has 3 unspecified atom stereocenters. The molecule has 1 aromatic heterocycles. The predicted molar refractivity (Wildman–Crippen MR) is 173 cm³/mol. The highest BCUT2D eigenvalue weighted by atomic mass is 32.1. The smallest absolute Gasteiger partial charge is 0.320 e. The summed E-state index contributed by atoms with van der Waals surface area (Å²) >= 11 is 1.82. The number of benzene rings is 2. The van der Waals surface area contributed by atoms with Crippen LogP contribution in [0.2, 0.25) is 0 Å². The van der Waals surface area contributed by atoms with E-state index in [4.69, 9.17) is 4.98 Å². The summed E-state index contributed by atoms with van der Waals surface area (Å²) in [7, 11) is 1.97. The molecule has 44 heavy (non-hydrogen) atoms. The van der Waals surface area contributed by atoms with Gasteiger partial charge in [0.15, 0.2) is 0 Å². The van der Waals surface area contributed by atoms with E-state index in [-0.39, 0.29) is 23.6 Å². The number of piperidine rings is 1. The molecule has 2 heterocycles. The summed E-state index contributed by atoms with van der Waals surface area (Å²) in [5, 5.41) is 11.1. The number of rotatable bonds is 12. The SMILES string of the molecule is CCc1nc(Cc2ccc(F)cc2)sc1C1CCN(CC2CC(N(C)[C@H](CC(C)C)C(=O)O)CC2c2cccc(F)c2)CC1.